The van der Waals surface area contributed by atoms with Gasteiger partial charge in [0.05, 0.1) is 18.4 Å². The maximum absolute atomic E-state index is 13.8. The van der Waals surface area contributed by atoms with Crippen molar-refractivity contribution < 1.29 is 14.3 Å². The van der Waals surface area contributed by atoms with E-state index < -0.39 is 5.91 Å². The number of hydrogen-bond donors (Lipinski definition) is 1. The van der Waals surface area contributed by atoms with E-state index in [9.17, 15) is 9.59 Å². The Morgan fingerprint density at radius 3 is 2.06 bits per heavy atom. The molecule has 5 nitrogen and oxygen atoms in total. The predicted molar refractivity (Wildman–Crippen MR) is 133 cm³/mol. The molecule has 1 aliphatic heterocycles. The Balaban J connectivity index is 1.92. The molecule has 4 rings (SSSR count). The second-order valence-electron chi connectivity index (χ2n) is 8.63. The quantitative estimate of drug-likeness (QED) is 0.522. The van der Waals surface area contributed by atoms with E-state index in [0.29, 0.717) is 17.0 Å². The maximum atomic E-state index is 13.8. The number of hydrogen-bond acceptors (Lipinski definition) is 4. The minimum absolute atomic E-state index is 0.268. The summed E-state index contributed by atoms with van der Waals surface area (Å²) in [5.74, 6) is -0.307. The van der Waals surface area contributed by atoms with E-state index in [1.54, 1.807) is 12.1 Å². The first-order chi connectivity index (χ1) is 15.7. The first-order valence-corrected chi connectivity index (χ1v) is 10.9. The molecule has 1 heterocycles. The number of carbonyl (C=O) groups is 2. The Morgan fingerprint density at radius 1 is 0.727 bits per heavy atom. The molecule has 168 valence electrons. The number of nitrogens with one attached hydrogen (secondary N) is 1. The highest BCUT2D eigenvalue weighted by molar-refractivity contribution is 6.46. The molecule has 0 spiro atoms. The van der Waals surface area contributed by atoms with Crippen LogP contribution in [0.2, 0.25) is 0 Å². The summed E-state index contributed by atoms with van der Waals surface area (Å²) in [6, 6.07) is 17.4. The Hall–Kier alpha value is -3.86. The van der Waals surface area contributed by atoms with Crippen LogP contribution in [0.3, 0.4) is 0 Å². The van der Waals surface area contributed by atoms with Crippen LogP contribution in [0.1, 0.15) is 33.4 Å². The van der Waals surface area contributed by atoms with Crippen molar-refractivity contribution in [2.75, 3.05) is 17.3 Å². The molecule has 0 aromatic heterocycles. The van der Waals surface area contributed by atoms with Gasteiger partial charge in [0.25, 0.3) is 11.8 Å². The van der Waals surface area contributed by atoms with Crippen molar-refractivity contribution in [3.8, 4) is 5.75 Å². The smallest absolute Gasteiger partial charge is 0.282 e. The number of nitrogens with zero attached hydrogens (tertiary/aromatic N) is 1. The summed E-state index contributed by atoms with van der Waals surface area (Å²) in [5.41, 5.74) is 7.60. The van der Waals surface area contributed by atoms with Crippen molar-refractivity contribution in [1.82, 2.24) is 0 Å². The van der Waals surface area contributed by atoms with Gasteiger partial charge < -0.3 is 10.1 Å². The second-order valence-corrected chi connectivity index (χ2v) is 8.63. The highest BCUT2D eigenvalue weighted by Crippen LogP contribution is 2.39. The van der Waals surface area contributed by atoms with E-state index >= 15 is 0 Å². The van der Waals surface area contributed by atoms with Crippen LogP contribution in [-0.4, -0.2) is 18.9 Å². The van der Waals surface area contributed by atoms with Gasteiger partial charge in [0, 0.05) is 5.69 Å². The van der Waals surface area contributed by atoms with Gasteiger partial charge in [-0.1, -0.05) is 42.0 Å². The molecule has 33 heavy (non-hydrogen) atoms. The number of ether oxygens (including phenoxy) is 1. The summed E-state index contributed by atoms with van der Waals surface area (Å²) in [6.07, 6.45) is 0. The van der Waals surface area contributed by atoms with Crippen molar-refractivity contribution in [2.24, 2.45) is 0 Å². The van der Waals surface area contributed by atoms with Gasteiger partial charge >= 0.3 is 0 Å². The number of benzene rings is 3. The molecule has 0 fully saturated rings. The van der Waals surface area contributed by atoms with Crippen LogP contribution in [0.25, 0.3) is 5.57 Å². The lowest BCUT2D eigenvalue weighted by atomic mass is 9.97. The summed E-state index contributed by atoms with van der Waals surface area (Å²) in [7, 11) is 1.53. The molecule has 3 aromatic carbocycles. The molecule has 0 saturated heterocycles. The van der Waals surface area contributed by atoms with Crippen LogP contribution in [-0.2, 0) is 9.59 Å². The molecule has 0 atom stereocenters. The van der Waals surface area contributed by atoms with E-state index in [1.807, 2.05) is 77.1 Å². The molecular formula is C28H28N2O3. The summed E-state index contributed by atoms with van der Waals surface area (Å²) >= 11 is 0. The molecule has 0 radical (unpaired) electrons. The zero-order valence-electron chi connectivity index (χ0n) is 19.9. The number of carbonyl (C=O) groups excluding carboxylic acids is 2. The minimum Gasteiger partial charge on any atom is -0.495 e. The van der Waals surface area contributed by atoms with Crippen LogP contribution in [0.5, 0.6) is 5.75 Å². The summed E-state index contributed by atoms with van der Waals surface area (Å²) < 4.78 is 5.49. The third-order valence-corrected chi connectivity index (χ3v) is 5.96. The van der Waals surface area contributed by atoms with Crippen LogP contribution >= 0.6 is 0 Å². The molecule has 0 bridgehead atoms. The minimum atomic E-state index is -0.403. The highest BCUT2D eigenvalue weighted by atomic mass is 16.5. The fraction of sp³-hybridized carbons (Fsp3) is 0.214. The lowest BCUT2D eigenvalue weighted by Crippen LogP contribution is -2.32. The summed E-state index contributed by atoms with van der Waals surface area (Å²) in [5, 5.41) is 3.30. The zero-order valence-corrected chi connectivity index (χ0v) is 19.9. The molecule has 0 saturated carbocycles. The van der Waals surface area contributed by atoms with E-state index in [4.69, 9.17) is 4.74 Å². The lowest BCUT2D eigenvalue weighted by molar-refractivity contribution is -0.120. The maximum Gasteiger partial charge on any atom is 0.282 e. The van der Waals surface area contributed by atoms with E-state index in [1.165, 1.54) is 12.0 Å². The Morgan fingerprint density at radius 2 is 1.36 bits per heavy atom. The van der Waals surface area contributed by atoms with Crippen molar-refractivity contribution in [3.05, 3.63) is 93.7 Å². The molecule has 1 N–H and O–H groups in total. The summed E-state index contributed by atoms with van der Waals surface area (Å²) in [6.45, 7) is 9.85. The lowest BCUT2D eigenvalue weighted by Gasteiger charge is -2.19. The van der Waals surface area contributed by atoms with Crippen LogP contribution in [0.15, 0.2) is 60.3 Å². The monoisotopic (exact) mass is 440 g/mol. The fourth-order valence-electron chi connectivity index (χ4n) is 4.19. The normalized spacial score (nSPS) is 13.7. The highest BCUT2D eigenvalue weighted by Gasteiger charge is 2.42. The Bertz CT molecular complexity index is 1320. The van der Waals surface area contributed by atoms with Gasteiger partial charge in [-0.3, -0.25) is 9.59 Å². The standard InChI is InChI=1S/C28H28N2O3/c1-16-8-11-21(20(5)13-16)25-26(29-22-14-17(2)7-10-19(22)4)28(32)30(27(25)31)23-15-18(3)9-12-24(23)33-6/h7-15,29H,1-6H3. The largest absolute Gasteiger partial charge is 0.495 e. The average molecular weight is 441 g/mol. The van der Waals surface area contributed by atoms with Crippen molar-refractivity contribution in [1.29, 1.82) is 0 Å². The molecule has 0 aliphatic carbocycles. The molecule has 0 unspecified atom stereocenters. The van der Waals surface area contributed by atoms with Crippen LogP contribution in [0.4, 0.5) is 11.4 Å². The molecule has 5 heteroatoms. The van der Waals surface area contributed by atoms with Crippen molar-refractivity contribution in [3.63, 3.8) is 0 Å². The van der Waals surface area contributed by atoms with Crippen molar-refractivity contribution in [2.45, 2.75) is 34.6 Å². The molecule has 3 aromatic rings. The van der Waals surface area contributed by atoms with Gasteiger partial charge in [0.2, 0.25) is 0 Å². The first-order valence-electron chi connectivity index (χ1n) is 10.9. The van der Waals surface area contributed by atoms with E-state index in [2.05, 4.69) is 5.32 Å². The van der Waals surface area contributed by atoms with Gasteiger partial charge in [-0.25, -0.2) is 4.90 Å². The third-order valence-electron chi connectivity index (χ3n) is 5.96. The topological polar surface area (TPSA) is 58.6 Å². The molecule has 2 amide bonds. The SMILES string of the molecule is COc1ccc(C)cc1N1C(=O)C(Nc2cc(C)ccc2C)=C(c2ccc(C)cc2C)C1=O. The van der Waals surface area contributed by atoms with E-state index in [-0.39, 0.29) is 11.6 Å². The van der Waals surface area contributed by atoms with Gasteiger partial charge in [0.15, 0.2) is 0 Å². The number of methoxy groups -OCH3 is 1. The first kappa shape index (κ1) is 22.3. The van der Waals surface area contributed by atoms with Crippen LogP contribution < -0.4 is 15.0 Å². The Labute approximate surface area is 194 Å². The summed E-state index contributed by atoms with van der Waals surface area (Å²) in [4.78, 5) is 28.8. The Kier molecular flexibility index (Phi) is 5.81. The van der Waals surface area contributed by atoms with Gasteiger partial charge in [-0.15, -0.1) is 0 Å². The number of rotatable bonds is 5. The number of amides is 2. The predicted octanol–water partition coefficient (Wildman–Crippen LogP) is 5.63. The number of aryl methyl sites for hydroxylation is 5. The zero-order chi connectivity index (χ0) is 23.9. The molecular weight excluding hydrogens is 412 g/mol. The number of anilines is 2. The second kappa shape index (κ2) is 8.58. The average Bonchev–Trinajstić information content (AvgIpc) is 3.00. The molecule has 1 aliphatic rings. The van der Waals surface area contributed by atoms with Gasteiger partial charge in [0.1, 0.15) is 11.4 Å². The fourth-order valence-corrected chi connectivity index (χ4v) is 4.19. The van der Waals surface area contributed by atoms with Gasteiger partial charge in [-0.2, -0.15) is 0 Å². The van der Waals surface area contributed by atoms with Gasteiger partial charge in [-0.05, 0) is 80.6 Å². The number of imide groups is 1. The van der Waals surface area contributed by atoms with Crippen molar-refractivity contribution >= 4 is 28.8 Å². The van der Waals surface area contributed by atoms with E-state index in [0.717, 1.165) is 39.1 Å². The van der Waals surface area contributed by atoms with Crippen LogP contribution in [0, 0.1) is 34.6 Å². The third kappa shape index (κ3) is 4.02.